The molecule has 13 nitrogen and oxygen atoms in total. The van der Waals surface area contributed by atoms with Crippen LogP contribution in [0.2, 0.25) is 5.15 Å². The number of aromatic nitrogens is 3. The van der Waals surface area contributed by atoms with Gasteiger partial charge >= 0.3 is 6.09 Å². The van der Waals surface area contributed by atoms with E-state index in [-0.39, 0.29) is 35.7 Å². The minimum absolute atomic E-state index is 0.0717. The number of carbonyl (C=O) groups excluding carboxylic acids is 2. The molecule has 0 bridgehead atoms. The highest BCUT2D eigenvalue weighted by atomic mass is 35.5. The van der Waals surface area contributed by atoms with Gasteiger partial charge in [0.15, 0.2) is 16.5 Å². The van der Waals surface area contributed by atoms with Gasteiger partial charge in [0.05, 0.1) is 42.2 Å². The lowest BCUT2D eigenvalue weighted by Crippen LogP contribution is -2.36. The molecule has 3 rings (SSSR count). The highest BCUT2D eigenvalue weighted by Gasteiger charge is 2.25. The van der Waals surface area contributed by atoms with E-state index in [1.165, 1.54) is 28.7 Å². The molecule has 0 radical (unpaired) electrons. The second-order valence-corrected chi connectivity index (χ2v) is 10.0. The zero-order valence-corrected chi connectivity index (χ0v) is 23.0. The Morgan fingerprint density at radius 2 is 1.97 bits per heavy atom. The third-order valence-electron chi connectivity index (χ3n) is 5.34. The minimum Gasteiger partial charge on any atom is -0.443 e. The van der Waals surface area contributed by atoms with Crippen molar-refractivity contribution in [1.29, 1.82) is 0 Å². The molecule has 0 aliphatic rings. The molecule has 206 valence electrons. The maximum absolute atomic E-state index is 13.0. The first-order chi connectivity index (χ1) is 17.8. The van der Waals surface area contributed by atoms with Gasteiger partial charge in [0.25, 0.3) is 5.91 Å². The molecule has 0 aliphatic heterocycles. The zero-order chi connectivity index (χ0) is 28.2. The molecule has 0 saturated heterocycles. The Balaban J connectivity index is 1.68. The normalized spacial score (nSPS) is 12.2. The number of anilines is 4. The van der Waals surface area contributed by atoms with Crippen molar-refractivity contribution in [1.82, 2.24) is 19.9 Å². The Labute approximate surface area is 225 Å². The van der Waals surface area contributed by atoms with Crippen LogP contribution in [0.4, 0.5) is 27.5 Å². The zero-order valence-electron chi connectivity index (χ0n) is 22.3. The smallest absolute Gasteiger partial charge is 0.414 e. The van der Waals surface area contributed by atoms with E-state index in [9.17, 15) is 9.59 Å². The monoisotopic (exact) mass is 547 g/mol. The van der Waals surface area contributed by atoms with Crippen LogP contribution in [0.25, 0.3) is 5.65 Å². The third kappa shape index (κ3) is 6.73. The van der Waals surface area contributed by atoms with Crippen LogP contribution in [0.1, 0.15) is 43.7 Å². The van der Waals surface area contributed by atoms with Crippen molar-refractivity contribution in [2.45, 2.75) is 45.9 Å². The van der Waals surface area contributed by atoms with Gasteiger partial charge in [-0.2, -0.15) is 5.10 Å². The number of hydrazine groups is 1. The Morgan fingerprint density at radius 1 is 1.26 bits per heavy atom. The summed E-state index contributed by atoms with van der Waals surface area (Å²) in [5.41, 5.74) is 11.3. The maximum atomic E-state index is 13.0. The Bertz CT molecular complexity index is 1320. The van der Waals surface area contributed by atoms with Crippen LogP contribution in [-0.4, -0.2) is 58.9 Å². The molecule has 0 unspecified atom stereocenters. The molecule has 0 saturated carbocycles. The molecular formula is C24H34ClN9O4. The van der Waals surface area contributed by atoms with E-state index < -0.39 is 17.6 Å². The van der Waals surface area contributed by atoms with Gasteiger partial charge in [0.2, 0.25) is 0 Å². The predicted octanol–water partition coefficient (Wildman–Crippen LogP) is 3.00. The molecule has 2 heterocycles. The number of halogens is 1. The van der Waals surface area contributed by atoms with Crippen LogP contribution in [0, 0.1) is 0 Å². The predicted molar refractivity (Wildman–Crippen MR) is 147 cm³/mol. The number of nitrogens with one attached hydrogen (secondary N) is 3. The fraction of sp³-hybridized carbons (Fsp3) is 0.417. The number of nitrogens with two attached hydrogens (primary N) is 2. The summed E-state index contributed by atoms with van der Waals surface area (Å²) in [7, 11) is 3.29. The van der Waals surface area contributed by atoms with Crippen molar-refractivity contribution >= 4 is 52.0 Å². The van der Waals surface area contributed by atoms with Crippen molar-refractivity contribution in [3.8, 4) is 0 Å². The molecule has 1 atom stereocenters. The van der Waals surface area contributed by atoms with Gasteiger partial charge in [0.1, 0.15) is 5.60 Å². The highest BCUT2D eigenvalue weighted by molar-refractivity contribution is 6.29. The molecule has 7 N–H and O–H groups in total. The number of carbonyl (C=O) groups is 2. The van der Waals surface area contributed by atoms with E-state index >= 15 is 0 Å². The number of nitrogens with zero attached hydrogens (tertiary/aromatic N) is 4. The summed E-state index contributed by atoms with van der Waals surface area (Å²) in [6, 6.07) is 4.77. The van der Waals surface area contributed by atoms with Gasteiger partial charge in [-0.05, 0) is 45.4 Å². The summed E-state index contributed by atoms with van der Waals surface area (Å²) in [6.07, 6.45) is 0.766. The third-order valence-corrected chi connectivity index (χ3v) is 5.52. The van der Waals surface area contributed by atoms with Gasteiger partial charge in [-0.1, -0.05) is 11.6 Å². The fourth-order valence-corrected chi connectivity index (χ4v) is 3.79. The summed E-state index contributed by atoms with van der Waals surface area (Å²) in [5, 5.41) is 10.2. The number of nitrogen functional groups attached to an aromatic ring is 2. The number of imidazole rings is 1. The van der Waals surface area contributed by atoms with Gasteiger partial charge in [-0.25, -0.2) is 14.3 Å². The molecule has 0 fully saturated rings. The van der Waals surface area contributed by atoms with E-state index in [0.29, 0.717) is 17.1 Å². The van der Waals surface area contributed by atoms with Crippen molar-refractivity contribution in [2.24, 2.45) is 5.84 Å². The molecule has 38 heavy (non-hydrogen) atoms. The molecule has 0 aliphatic carbocycles. The standard InChI is InChI=1S/C24H34ClN9O4/c1-13(11-37-12-14-7-15(26)20(31-27)16(8-14)28-5)30-22(35)18-10-29-21-17(9-19(25)32-34(18)21)33(6)23(36)38-24(2,3)4/h7-10,13,28,31H,11-12,26-27H2,1-6H3,(H,30,35)/t13-/m1/s1. The van der Waals surface area contributed by atoms with Gasteiger partial charge in [-0.15, -0.1) is 0 Å². The lowest BCUT2D eigenvalue weighted by Gasteiger charge is -2.24. The number of benzene rings is 1. The second-order valence-electron chi connectivity index (χ2n) is 9.66. The number of ether oxygens (including phenoxy) is 2. The summed E-state index contributed by atoms with van der Waals surface area (Å²) in [4.78, 5) is 31.2. The molecular weight excluding hydrogens is 514 g/mol. The average molecular weight is 548 g/mol. The van der Waals surface area contributed by atoms with E-state index in [1.54, 1.807) is 40.8 Å². The summed E-state index contributed by atoms with van der Waals surface area (Å²) < 4.78 is 12.5. The lowest BCUT2D eigenvalue weighted by atomic mass is 10.1. The summed E-state index contributed by atoms with van der Waals surface area (Å²) >= 11 is 6.21. The number of amides is 2. The van der Waals surface area contributed by atoms with Crippen LogP contribution >= 0.6 is 11.6 Å². The van der Waals surface area contributed by atoms with Crippen LogP contribution in [0.3, 0.4) is 0 Å². The minimum atomic E-state index is -0.690. The van der Waals surface area contributed by atoms with Crippen LogP contribution in [-0.2, 0) is 16.1 Å². The highest BCUT2D eigenvalue weighted by Crippen LogP contribution is 2.29. The van der Waals surface area contributed by atoms with Gasteiger partial charge in [0, 0.05) is 26.2 Å². The molecule has 0 spiro atoms. The second kappa shape index (κ2) is 11.7. The molecule has 2 amide bonds. The van der Waals surface area contributed by atoms with Crippen LogP contribution in [0.5, 0.6) is 0 Å². The Morgan fingerprint density at radius 3 is 2.61 bits per heavy atom. The van der Waals surface area contributed by atoms with Gasteiger partial charge < -0.3 is 31.3 Å². The largest absolute Gasteiger partial charge is 0.443 e. The summed E-state index contributed by atoms with van der Waals surface area (Å²) in [5.74, 6) is 5.09. The van der Waals surface area contributed by atoms with Crippen molar-refractivity contribution < 1.29 is 19.1 Å². The van der Waals surface area contributed by atoms with Crippen LogP contribution < -0.4 is 32.5 Å². The SMILES string of the molecule is CNc1cc(COC[C@@H](C)NC(=O)c2cnc3c(N(C)C(=O)OC(C)(C)C)cc(Cl)nn23)cc(N)c1NN. The molecule has 3 aromatic rings. The van der Waals surface area contributed by atoms with Crippen molar-refractivity contribution in [3.05, 3.63) is 40.8 Å². The van der Waals surface area contributed by atoms with Crippen molar-refractivity contribution in [2.75, 3.05) is 42.1 Å². The topological polar surface area (TPSA) is 174 Å². The first-order valence-corrected chi connectivity index (χ1v) is 12.2. The average Bonchev–Trinajstić information content (AvgIpc) is 3.25. The van der Waals surface area contributed by atoms with E-state index in [1.807, 2.05) is 6.07 Å². The molecule has 14 heteroatoms. The van der Waals surface area contributed by atoms with E-state index in [4.69, 9.17) is 32.7 Å². The first kappa shape index (κ1) is 28.8. The number of fused-ring (bicyclic) bond motifs is 1. The quantitative estimate of drug-likeness (QED) is 0.152. The maximum Gasteiger partial charge on any atom is 0.414 e. The van der Waals surface area contributed by atoms with E-state index in [0.717, 1.165) is 11.3 Å². The number of hydrogen-bond acceptors (Lipinski definition) is 10. The van der Waals surface area contributed by atoms with Crippen LogP contribution in [0.15, 0.2) is 24.4 Å². The fourth-order valence-electron chi connectivity index (χ4n) is 3.61. The first-order valence-electron chi connectivity index (χ1n) is 11.8. The van der Waals surface area contributed by atoms with Crippen molar-refractivity contribution in [3.63, 3.8) is 0 Å². The number of rotatable bonds is 9. The summed E-state index contributed by atoms with van der Waals surface area (Å²) in [6.45, 7) is 7.60. The van der Waals surface area contributed by atoms with Gasteiger partial charge in [-0.3, -0.25) is 15.5 Å². The van der Waals surface area contributed by atoms with E-state index in [2.05, 4.69) is 26.1 Å². The number of hydrogen-bond donors (Lipinski definition) is 5. The Hall–Kier alpha value is -3.81. The Kier molecular flexibility index (Phi) is 8.86. The lowest BCUT2D eigenvalue weighted by molar-refractivity contribution is 0.0589. The molecule has 2 aromatic heterocycles. The molecule has 1 aromatic carbocycles.